The summed E-state index contributed by atoms with van der Waals surface area (Å²) in [5, 5.41) is 0. The van der Waals surface area contributed by atoms with Gasteiger partial charge in [-0.05, 0) is 49.4 Å². The number of hydrogen-bond acceptors (Lipinski definition) is 2. The number of rotatable bonds is 5. The van der Waals surface area contributed by atoms with Crippen LogP contribution in [0.3, 0.4) is 0 Å². The van der Waals surface area contributed by atoms with E-state index in [9.17, 15) is 0 Å². The lowest BCUT2D eigenvalue weighted by Crippen LogP contribution is -2.43. The van der Waals surface area contributed by atoms with Crippen molar-refractivity contribution in [2.75, 3.05) is 19.6 Å². The fraction of sp³-hybridized carbons (Fsp3) is 0.667. The number of nitrogens with two attached hydrogens (primary N) is 1. The van der Waals surface area contributed by atoms with Crippen LogP contribution in [-0.2, 0) is 0 Å². The third-order valence-electron chi connectivity index (χ3n) is 5.57. The van der Waals surface area contributed by atoms with Crippen molar-refractivity contribution in [3.05, 3.63) is 35.4 Å². The van der Waals surface area contributed by atoms with Gasteiger partial charge in [-0.2, -0.15) is 0 Å². The summed E-state index contributed by atoms with van der Waals surface area (Å²) in [6.45, 7) is 10.00. The second-order valence-corrected chi connectivity index (χ2v) is 6.35. The normalized spacial score (nSPS) is 20.8. The van der Waals surface area contributed by atoms with Crippen molar-refractivity contribution < 1.29 is 0 Å². The molecule has 2 rings (SSSR count). The van der Waals surface area contributed by atoms with Gasteiger partial charge in [-0.25, -0.2) is 0 Å². The average Bonchev–Trinajstić information content (AvgIpc) is 2.51. The molecule has 0 aromatic heterocycles. The third kappa shape index (κ3) is 3.07. The molecular formula is C18H30N2. The molecule has 1 atom stereocenters. The van der Waals surface area contributed by atoms with Crippen molar-refractivity contribution >= 4 is 0 Å². The number of likely N-dealkylation sites (tertiary alicyclic amines) is 1. The highest BCUT2D eigenvalue weighted by Gasteiger charge is 2.33. The Balaban J connectivity index is 2.10. The zero-order valence-corrected chi connectivity index (χ0v) is 13.4. The van der Waals surface area contributed by atoms with E-state index in [2.05, 4.69) is 49.9 Å². The summed E-state index contributed by atoms with van der Waals surface area (Å²) >= 11 is 0. The first kappa shape index (κ1) is 15.5. The van der Waals surface area contributed by atoms with Gasteiger partial charge in [-0.1, -0.05) is 51.0 Å². The monoisotopic (exact) mass is 274 g/mol. The second kappa shape index (κ2) is 6.73. The molecule has 2 heteroatoms. The highest BCUT2D eigenvalue weighted by atomic mass is 15.2. The van der Waals surface area contributed by atoms with Crippen LogP contribution >= 0.6 is 0 Å². The van der Waals surface area contributed by atoms with Gasteiger partial charge in [-0.3, -0.25) is 4.90 Å². The van der Waals surface area contributed by atoms with Crippen molar-refractivity contribution in [1.29, 1.82) is 0 Å². The molecule has 2 nitrogen and oxygen atoms in total. The molecule has 0 saturated carbocycles. The smallest absolute Gasteiger partial charge is 0.0473 e. The van der Waals surface area contributed by atoms with E-state index in [4.69, 9.17) is 5.73 Å². The van der Waals surface area contributed by atoms with Crippen LogP contribution in [0.25, 0.3) is 0 Å². The SMILES string of the molecule is CCC1(CC)CCN(C(CN)c2ccccc2C)CC1. The van der Waals surface area contributed by atoms with Crippen LogP contribution in [0.2, 0.25) is 0 Å². The van der Waals surface area contributed by atoms with E-state index in [0.29, 0.717) is 11.5 Å². The fourth-order valence-electron chi connectivity index (χ4n) is 3.70. The van der Waals surface area contributed by atoms with Gasteiger partial charge in [0.05, 0.1) is 0 Å². The first-order valence-corrected chi connectivity index (χ1v) is 8.15. The molecule has 0 bridgehead atoms. The summed E-state index contributed by atoms with van der Waals surface area (Å²) in [4.78, 5) is 2.60. The van der Waals surface area contributed by atoms with Crippen LogP contribution in [0.5, 0.6) is 0 Å². The maximum absolute atomic E-state index is 6.10. The molecule has 1 fully saturated rings. The lowest BCUT2D eigenvalue weighted by molar-refractivity contribution is 0.0678. The quantitative estimate of drug-likeness (QED) is 0.882. The van der Waals surface area contributed by atoms with Crippen LogP contribution in [-0.4, -0.2) is 24.5 Å². The molecule has 1 aromatic rings. The van der Waals surface area contributed by atoms with E-state index in [0.717, 1.165) is 6.54 Å². The molecule has 1 saturated heterocycles. The maximum atomic E-state index is 6.10. The molecule has 0 amide bonds. The molecule has 1 unspecified atom stereocenters. The summed E-state index contributed by atoms with van der Waals surface area (Å²) < 4.78 is 0. The Hall–Kier alpha value is -0.860. The first-order valence-electron chi connectivity index (χ1n) is 8.15. The number of piperidine rings is 1. The zero-order chi connectivity index (χ0) is 14.6. The standard InChI is InChI=1S/C18H30N2/c1-4-18(5-2)10-12-20(13-11-18)17(14-19)16-9-7-6-8-15(16)3/h6-9,17H,4-5,10-14,19H2,1-3H3. The van der Waals surface area contributed by atoms with Gasteiger partial charge in [0.25, 0.3) is 0 Å². The highest BCUT2D eigenvalue weighted by molar-refractivity contribution is 5.29. The zero-order valence-electron chi connectivity index (χ0n) is 13.4. The van der Waals surface area contributed by atoms with Crippen molar-refractivity contribution in [1.82, 2.24) is 4.90 Å². The first-order chi connectivity index (χ1) is 9.65. The van der Waals surface area contributed by atoms with Gasteiger partial charge >= 0.3 is 0 Å². The molecule has 0 aliphatic carbocycles. The van der Waals surface area contributed by atoms with Crippen LogP contribution in [0.1, 0.15) is 56.7 Å². The lowest BCUT2D eigenvalue weighted by atomic mass is 9.74. The highest BCUT2D eigenvalue weighted by Crippen LogP contribution is 2.40. The Morgan fingerprint density at radius 1 is 1.15 bits per heavy atom. The minimum absolute atomic E-state index is 0.392. The van der Waals surface area contributed by atoms with Gasteiger partial charge in [0.1, 0.15) is 0 Å². The summed E-state index contributed by atoms with van der Waals surface area (Å²) in [5.41, 5.74) is 9.46. The molecule has 0 spiro atoms. The van der Waals surface area contributed by atoms with E-state index in [-0.39, 0.29) is 0 Å². The van der Waals surface area contributed by atoms with E-state index < -0.39 is 0 Å². The number of hydrogen-bond donors (Lipinski definition) is 1. The topological polar surface area (TPSA) is 29.3 Å². The van der Waals surface area contributed by atoms with Gasteiger partial charge in [-0.15, -0.1) is 0 Å². The Morgan fingerprint density at radius 3 is 2.25 bits per heavy atom. The molecule has 20 heavy (non-hydrogen) atoms. The Bertz CT molecular complexity index is 413. The molecule has 0 radical (unpaired) electrons. The molecule has 1 aliphatic rings. The largest absolute Gasteiger partial charge is 0.329 e. The predicted molar refractivity (Wildman–Crippen MR) is 86.8 cm³/mol. The van der Waals surface area contributed by atoms with Crippen LogP contribution in [0.4, 0.5) is 0 Å². The van der Waals surface area contributed by atoms with E-state index in [1.807, 2.05) is 0 Å². The van der Waals surface area contributed by atoms with E-state index in [1.54, 1.807) is 0 Å². The van der Waals surface area contributed by atoms with Crippen molar-refractivity contribution in [2.45, 2.75) is 52.5 Å². The molecule has 2 N–H and O–H groups in total. The summed E-state index contributed by atoms with van der Waals surface area (Å²) in [5.74, 6) is 0. The van der Waals surface area contributed by atoms with Crippen LogP contribution in [0, 0.1) is 12.3 Å². The van der Waals surface area contributed by atoms with Gasteiger partial charge in [0.2, 0.25) is 0 Å². The third-order valence-corrected chi connectivity index (χ3v) is 5.57. The minimum atomic E-state index is 0.392. The minimum Gasteiger partial charge on any atom is -0.329 e. The molecule has 1 heterocycles. The lowest BCUT2D eigenvalue weighted by Gasteiger charge is -2.44. The summed E-state index contributed by atoms with van der Waals surface area (Å²) in [6.07, 6.45) is 5.27. The Morgan fingerprint density at radius 2 is 1.75 bits per heavy atom. The fourth-order valence-corrected chi connectivity index (χ4v) is 3.70. The molecule has 1 aliphatic heterocycles. The van der Waals surface area contributed by atoms with E-state index in [1.165, 1.54) is 49.9 Å². The van der Waals surface area contributed by atoms with Crippen molar-refractivity contribution in [3.63, 3.8) is 0 Å². The van der Waals surface area contributed by atoms with Gasteiger partial charge in [0.15, 0.2) is 0 Å². The van der Waals surface area contributed by atoms with Crippen molar-refractivity contribution in [3.8, 4) is 0 Å². The van der Waals surface area contributed by atoms with Crippen LogP contribution in [0.15, 0.2) is 24.3 Å². The van der Waals surface area contributed by atoms with Crippen molar-refractivity contribution in [2.24, 2.45) is 11.1 Å². The average molecular weight is 274 g/mol. The van der Waals surface area contributed by atoms with Crippen LogP contribution < -0.4 is 5.73 Å². The molecular weight excluding hydrogens is 244 g/mol. The molecule has 1 aromatic carbocycles. The predicted octanol–water partition coefficient (Wildman–Crippen LogP) is 3.90. The Kier molecular flexibility index (Phi) is 5.22. The van der Waals surface area contributed by atoms with Gasteiger partial charge < -0.3 is 5.73 Å². The molecule has 112 valence electrons. The number of nitrogens with zero attached hydrogens (tertiary/aromatic N) is 1. The van der Waals surface area contributed by atoms with E-state index >= 15 is 0 Å². The number of benzene rings is 1. The summed E-state index contributed by atoms with van der Waals surface area (Å²) in [7, 11) is 0. The Labute approximate surface area is 124 Å². The second-order valence-electron chi connectivity index (χ2n) is 6.35. The van der Waals surface area contributed by atoms with Gasteiger partial charge in [0, 0.05) is 12.6 Å². The summed E-state index contributed by atoms with van der Waals surface area (Å²) in [6, 6.07) is 9.08. The number of aryl methyl sites for hydroxylation is 1. The maximum Gasteiger partial charge on any atom is 0.0473 e.